The van der Waals surface area contributed by atoms with Crippen LogP contribution in [0.15, 0.2) is 29.8 Å². The molecule has 124 valence electrons. The molecule has 0 fully saturated rings. The normalized spacial score (nSPS) is 17.7. The molecule has 0 saturated heterocycles. The molecular weight excluding hydrogens is 334 g/mol. The van der Waals surface area contributed by atoms with Gasteiger partial charge in [-0.1, -0.05) is 18.2 Å². The van der Waals surface area contributed by atoms with Crippen molar-refractivity contribution in [3.63, 3.8) is 0 Å². The number of para-hydroxylation sites is 1. The van der Waals surface area contributed by atoms with Crippen LogP contribution >= 0.6 is 0 Å². The summed E-state index contributed by atoms with van der Waals surface area (Å²) in [4.78, 5) is 22.1. The lowest BCUT2D eigenvalue weighted by atomic mass is 10.0. The fourth-order valence-corrected chi connectivity index (χ4v) is 1.75. The summed E-state index contributed by atoms with van der Waals surface area (Å²) in [5, 5.41) is 0. The second kappa shape index (κ2) is 5.60. The Morgan fingerprint density at radius 1 is 1.04 bits per heavy atom. The Hall–Kier alpha value is -2.52. The van der Waals surface area contributed by atoms with Crippen LogP contribution < -0.4 is 4.74 Å². The molecule has 1 atom stereocenters. The molecule has 2 rings (SSSR count). The van der Waals surface area contributed by atoms with Gasteiger partial charge in [0.2, 0.25) is 6.10 Å². The molecular formula is C13H6F6O4. The smallest absolute Gasteiger partial charge is 0.475 e. The third-order valence-corrected chi connectivity index (χ3v) is 2.71. The molecule has 0 amide bonds. The van der Waals surface area contributed by atoms with E-state index in [1.165, 1.54) is 24.3 Å². The molecule has 0 N–H and O–H groups in total. The quantitative estimate of drug-likeness (QED) is 0.448. The zero-order valence-electron chi connectivity index (χ0n) is 10.9. The average Bonchev–Trinajstić information content (AvgIpc) is 2.43. The fraction of sp³-hybridized carbons (Fsp3) is 0.231. The number of rotatable bonds is 1. The van der Waals surface area contributed by atoms with Crippen LogP contribution in [0.4, 0.5) is 26.3 Å². The molecule has 1 aromatic carbocycles. The number of alkyl halides is 6. The molecule has 10 heteroatoms. The maximum absolute atomic E-state index is 12.9. The topological polar surface area (TPSA) is 52.6 Å². The number of ether oxygens (including phenoxy) is 2. The van der Waals surface area contributed by atoms with Crippen molar-refractivity contribution in [1.29, 1.82) is 0 Å². The molecule has 0 radical (unpaired) electrons. The van der Waals surface area contributed by atoms with Crippen molar-refractivity contribution in [2.24, 2.45) is 0 Å². The molecule has 1 aromatic rings. The van der Waals surface area contributed by atoms with Gasteiger partial charge in [-0.05, 0) is 12.1 Å². The van der Waals surface area contributed by atoms with Gasteiger partial charge in [-0.3, -0.25) is 0 Å². The minimum absolute atomic E-state index is 0.0272. The number of halogens is 6. The van der Waals surface area contributed by atoms with Gasteiger partial charge in [0.15, 0.2) is 0 Å². The Labute approximate surface area is 124 Å². The predicted molar refractivity (Wildman–Crippen MR) is 62.0 cm³/mol. The van der Waals surface area contributed by atoms with E-state index in [-0.39, 0.29) is 11.3 Å². The van der Waals surface area contributed by atoms with Gasteiger partial charge in [-0.2, -0.15) is 26.3 Å². The lowest BCUT2D eigenvalue weighted by molar-refractivity contribution is -0.204. The maximum atomic E-state index is 12.9. The van der Waals surface area contributed by atoms with E-state index < -0.39 is 36.0 Å². The van der Waals surface area contributed by atoms with Gasteiger partial charge in [0, 0.05) is 5.56 Å². The third kappa shape index (κ3) is 3.63. The Balaban J connectivity index is 2.38. The summed E-state index contributed by atoms with van der Waals surface area (Å²) in [6, 6.07) is 5.25. The number of hydrogen-bond donors (Lipinski definition) is 0. The lowest BCUT2D eigenvalue weighted by Crippen LogP contribution is -2.42. The van der Waals surface area contributed by atoms with E-state index in [2.05, 4.69) is 9.47 Å². The largest absolute Gasteiger partial charge is 0.491 e. The lowest BCUT2D eigenvalue weighted by Gasteiger charge is -2.27. The van der Waals surface area contributed by atoms with Crippen LogP contribution in [-0.4, -0.2) is 30.4 Å². The van der Waals surface area contributed by atoms with E-state index in [0.717, 1.165) is 0 Å². The Morgan fingerprint density at radius 3 is 2.22 bits per heavy atom. The molecule has 4 nitrogen and oxygen atoms in total. The highest BCUT2D eigenvalue weighted by Gasteiger charge is 2.50. The highest BCUT2D eigenvalue weighted by Crippen LogP contribution is 2.37. The number of esters is 2. The first-order valence-electron chi connectivity index (χ1n) is 5.87. The summed E-state index contributed by atoms with van der Waals surface area (Å²) in [5.41, 5.74) is -1.23. The maximum Gasteiger partial charge on any atom is 0.491 e. The van der Waals surface area contributed by atoms with Gasteiger partial charge in [0.05, 0.1) is 5.57 Å². The van der Waals surface area contributed by atoms with Crippen LogP contribution in [0, 0.1) is 0 Å². The molecule has 0 aromatic heterocycles. The fourth-order valence-electron chi connectivity index (χ4n) is 1.75. The van der Waals surface area contributed by atoms with Gasteiger partial charge in [0.1, 0.15) is 5.75 Å². The first kappa shape index (κ1) is 16.8. The van der Waals surface area contributed by atoms with Crippen LogP contribution in [0.5, 0.6) is 5.75 Å². The van der Waals surface area contributed by atoms with Gasteiger partial charge in [0.25, 0.3) is 0 Å². The molecule has 1 heterocycles. The molecule has 23 heavy (non-hydrogen) atoms. The van der Waals surface area contributed by atoms with Crippen molar-refractivity contribution >= 4 is 18.0 Å². The number of carbonyl (C=O) groups excluding carboxylic acids is 2. The summed E-state index contributed by atoms with van der Waals surface area (Å²) in [6.45, 7) is 0. The highest BCUT2D eigenvalue weighted by molar-refractivity contribution is 6.02. The minimum Gasteiger partial charge on any atom is -0.475 e. The van der Waals surface area contributed by atoms with Gasteiger partial charge in [-0.15, -0.1) is 0 Å². The molecule has 0 saturated carbocycles. The molecule has 1 aliphatic heterocycles. The van der Waals surface area contributed by atoms with Crippen molar-refractivity contribution < 1.29 is 45.4 Å². The Morgan fingerprint density at radius 2 is 1.65 bits per heavy atom. The average molecular weight is 340 g/mol. The first-order valence-corrected chi connectivity index (χ1v) is 5.87. The molecule has 1 aliphatic rings. The van der Waals surface area contributed by atoms with Gasteiger partial charge < -0.3 is 9.47 Å². The monoisotopic (exact) mass is 340 g/mol. The molecule has 0 bridgehead atoms. The second-order valence-corrected chi connectivity index (χ2v) is 4.35. The second-order valence-electron chi connectivity index (χ2n) is 4.35. The number of hydrogen-bond acceptors (Lipinski definition) is 4. The van der Waals surface area contributed by atoms with Crippen LogP contribution in [0.2, 0.25) is 0 Å². The Bertz CT molecular complexity index is 674. The van der Waals surface area contributed by atoms with Crippen LogP contribution in [0.1, 0.15) is 5.56 Å². The van der Waals surface area contributed by atoms with Gasteiger partial charge in [-0.25, -0.2) is 9.59 Å². The van der Waals surface area contributed by atoms with Crippen molar-refractivity contribution in [3.8, 4) is 5.75 Å². The van der Waals surface area contributed by atoms with Crippen LogP contribution in [0.3, 0.4) is 0 Å². The summed E-state index contributed by atoms with van der Waals surface area (Å²) >= 11 is 0. The zero-order chi connectivity index (χ0) is 17.4. The van der Waals surface area contributed by atoms with Crippen LogP contribution in [-0.2, 0) is 14.3 Å². The van der Waals surface area contributed by atoms with Crippen molar-refractivity contribution in [3.05, 3.63) is 35.4 Å². The Kier molecular flexibility index (Phi) is 4.10. The van der Waals surface area contributed by atoms with E-state index in [1.807, 2.05) is 0 Å². The SMILES string of the molecule is O=C(OC(=O)C(F)(F)F)C1=Cc2ccccc2OC1C(F)(F)F. The minimum atomic E-state index is -5.52. The van der Waals surface area contributed by atoms with Crippen molar-refractivity contribution in [2.75, 3.05) is 0 Å². The van der Waals surface area contributed by atoms with E-state index in [4.69, 9.17) is 0 Å². The molecule has 0 aliphatic carbocycles. The van der Waals surface area contributed by atoms with E-state index in [1.54, 1.807) is 0 Å². The first-order chi connectivity index (χ1) is 10.5. The standard InChI is InChI=1S/C13H6F6O4/c14-12(15,16)9-7(10(20)23-11(21)13(17,18)19)5-6-3-1-2-4-8(6)22-9/h1-5,9H. The summed E-state index contributed by atoms with van der Waals surface area (Å²) in [6.07, 6.45) is -12.8. The highest BCUT2D eigenvalue weighted by atomic mass is 19.4. The third-order valence-electron chi connectivity index (χ3n) is 2.71. The van der Waals surface area contributed by atoms with E-state index in [9.17, 15) is 35.9 Å². The van der Waals surface area contributed by atoms with Crippen molar-refractivity contribution in [1.82, 2.24) is 0 Å². The predicted octanol–water partition coefficient (Wildman–Crippen LogP) is 3.03. The van der Waals surface area contributed by atoms with E-state index in [0.29, 0.717) is 6.08 Å². The summed E-state index contributed by atoms with van der Waals surface area (Å²) < 4.78 is 83.0. The number of carbonyl (C=O) groups is 2. The summed E-state index contributed by atoms with van der Waals surface area (Å²) in [5.74, 6) is -5.21. The number of fused-ring (bicyclic) bond motifs is 1. The molecule has 0 spiro atoms. The summed E-state index contributed by atoms with van der Waals surface area (Å²) in [7, 11) is 0. The number of benzene rings is 1. The van der Waals surface area contributed by atoms with E-state index >= 15 is 0 Å². The zero-order valence-corrected chi connectivity index (χ0v) is 10.9. The van der Waals surface area contributed by atoms with Gasteiger partial charge >= 0.3 is 24.3 Å². The van der Waals surface area contributed by atoms with Crippen molar-refractivity contribution in [2.45, 2.75) is 18.5 Å². The van der Waals surface area contributed by atoms with Crippen LogP contribution in [0.25, 0.3) is 6.08 Å². The molecule has 1 unspecified atom stereocenters.